The van der Waals surface area contributed by atoms with Gasteiger partial charge in [-0.1, -0.05) is 31.5 Å². The van der Waals surface area contributed by atoms with Crippen LogP contribution >= 0.6 is 0 Å². The van der Waals surface area contributed by atoms with E-state index >= 15 is 0 Å². The topological polar surface area (TPSA) is 120 Å². The van der Waals surface area contributed by atoms with Crippen LogP contribution in [0.25, 0.3) is 22.6 Å². The largest absolute Gasteiger partial charge is 0.506 e. The highest BCUT2D eigenvalue weighted by atomic mass is 16.5. The van der Waals surface area contributed by atoms with Crippen molar-refractivity contribution in [2.24, 2.45) is 0 Å². The summed E-state index contributed by atoms with van der Waals surface area (Å²) >= 11 is 0. The summed E-state index contributed by atoms with van der Waals surface area (Å²) in [6, 6.07) is 12.8. The highest BCUT2D eigenvalue weighted by Gasteiger charge is 2.27. The van der Waals surface area contributed by atoms with Crippen LogP contribution in [0.1, 0.15) is 36.9 Å². The van der Waals surface area contributed by atoms with Gasteiger partial charge in [-0.3, -0.25) is 4.79 Å². The fourth-order valence-electron chi connectivity index (χ4n) is 4.09. The van der Waals surface area contributed by atoms with Crippen LogP contribution in [-0.2, 0) is 12.8 Å². The predicted octanol–water partition coefficient (Wildman–Crippen LogP) is 4.76. The maximum Gasteiger partial charge on any atom is 0.264 e. The molecule has 0 aliphatic carbocycles. The molecule has 36 heavy (non-hydrogen) atoms. The highest BCUT2D eigenvalue weighted by molar-refractivity contribution is 5.86. The monoisotopic (exact) mass is 491 g/mol. The second kappa shape index (κ2) is 11.0. The fourth-order valence-corrected chi connectivity index (χ4v) is 4.09. The van der Waals surface area contributed by atoms with Crippen LogP contribution in [0.4, 0.5) is 0 Å². The second-order valence-corrected chi connectivity index (χ2v) is 8.20. The molecule has 2 heterocycles. The quantitative estimate of drug-likeness (QED) is 0.326. The Morgan fingerprint density at radius 3 is 2.22 bits per heavy atom. The van der Waals surface area contributed by atoms with Crippen molar-refractivity contribution in [1.29, 1.82) is 0 Å². The number of hydrogen-bond donors (Lipinski definition) is 2. The number of hydrogen-bond acceptors (Lipinski definition) is 8. The number of nitrogens with one attached hydrogen (secondary N) is 1. The van der Waals surface area contributed by atoms with E-state index in [4.69, 9.17) is 18.6 Å². The molecule has 0 radical (unpaired) electrons. The number of aromatic nitrogens is 3. The van der Waals surface area contributed by atoms with Crippen LogP contribution in [0, 0.1) is 0 Å². The fraction of sp³-hybridized carbons (Fsp3) is 0.296. The van der Waals surface area contributed by atoms with E-state index in [-0.39, 0.29) is 17.2 Å². The van der Waals surface area contributed by atoms with E-state index in [1.54, 1.807) is 25.3 Å². The maximum absolute atomic E-state index is 13.1. The molecule has 2 N–H and O–H groups in total. The minimum atomic E-state index is -0.518. The molecule has 0 bridgehead atoms. The lowest BCUT2D eigenvalue weighted by Crippen LogP contribution is -2.14. The number of rotatable bonds is 10. The molecule has 0 atom stereocenters. The Morgan fingerprint density at radius 1 is 0.917 bits per heavy atom. The number of pyridine rings is 1. The molecule has 0 saturated heterocycles. The van der Waals surface area contributed by atoms with Gasteiger partial charge in [0.2, 0.25) is 5.89 Å². The summed E-state index contributed by atoms with van der Waals surface area (Å²) < 4.78 is 22.2. The van der Waals surface area contributed by atoms with Crippen molar-refractivity contribution in [3.63, 3.8) is 0 Å². The van der Waals surface area contributed by atoms with Gasteiger partial charge in [0.15, 0.2) is 0 Å². The minimum absolute atomic E-state index is 0.0746. The van der Waals surface area contributed by atoms with Crippen LogP contribution in [-0.4, -0.2) is 41.6 Å². The van der Waals surface area contributed by atoms with E-state index < -0.39 is 5.56 Å². The lowest BCUT2D eigenvalue weighted by Gasteiger charge is -2.18. The summed E-state index contributed by atoms with van der Waals surface area (Å²) in [6.45, 7) is 2.05. The summed E-state index contributed by atoms with van der Waals surface area (Å²) in [7, 11) is 4.68. The first-order chi connectivity index (χ1) is 17.5. The zero-order valence-electron chi connectivity index (χ0n) is 20.8. The Balaban J connectivity index is 1.83. The summed E-state index contributed by atoms with van der Waals surface area (Å²) in [6.07, 6.45) is 2.62. The molecule has 2 aromatic heterocycles. The van der Waals surface area contributed by atoms with E-state index in [9.17, 15) is 9.90 Å². The summed E-state index contributed by atoms with van der Waals surface area (Å²) in [5, 5.41) is 19.6. The zero-order chi connectivity index (χ0) is 25.7. The van der Waals surface area contributed by atoms with Crippen LogP contribution in [0.5, 0.6) is 23.0 Å². The molecule has 0 unspecified atom stereocenters. The molecule has 9 heteroatoms. The SMILES string of the molecule is CCCCc1[nH]c(=O)c(-c2nnc(Cc3ccc(OC)cc3)o2)c(O)c1-c1c(OC)cccc1OC. The van der Waals surface area contributed by atoms with E-state index in [0.29, 0.717) is 47.1 Å². The first kappa shape index (κ1) is 24.8. The van der Waals surface area contributed by atoms with Crippen molar-refractivity contribution in [3.05, 3.63) is 70.0 Å². The Kier molecular flexibility index (Phi) is 7.58. The van der Waals surface area contributed by atoms with Gasteiger partial charge in [-0.25, -0.2) is 0 Å². The predicted molar refractivity (Wildman–Crippen MR) is 135 cm³/mol. The first-order valence-electron chi connectivity index (χ1n) is 11.7. The molecule has 0 fully saturated rings. The number of aromatic hydroxyl groups is 1. The molecule has 2 aromatic carbocycles. The van der Waals surface area contributed by atoms with Gasteiger partial charge in [0.1, 0.15) is 28.6 Å². The average Bonchev–Trinajstić information content (AvgIpc) is 3.35. The molecule has 4 aromatic rings. The highest BCUT2D eigenvalue weighted by Crippen LogP contribution is 2.46. The Hall–Kier alpha value is -4.27. The van der Waals surface area contributed by atoms with E-state index in [2.05, 4.69) is 22.1 Å². The number of ether oxygens (including phenoxy) is 3. The van der Waals surface area contributed by atoms with Gasteiger partial charge in [0.25, 0.3) is 11.4 Å². The molecule has 4 rings (SSSR count). The Morgan fingerprint density at radius 2 is 1.61 bits per heavy atom. The molecule has 9 nitrogen and oxygen atoms in total. The van der Waals surface area contributed by atoms with Gasteiger partial charge in [-0.05, 0) is 42.7 Å². The van der Waals surface area contributed by atoms with Crippen molar-refractivity contribution in [2.75, 3.05) is 21.3 Å². The van der Waals surface area contributed by atoms with E-state index in [1.165, 1.54) is 14.2 Å². The van der Waals surface area contributed by atoms with Crippen LogP contribution in [0.3, 0.4) is 0 Å². The smallest absolute Gasteiger partial charge is 0.264 e. The lowest BCUT2D eigenvalue weighted by molar-refractivity contribution is 0.396. The number of nitrogens with zero attached hydrogens (tertiary/aromatic N) is 2. The normalized spacial score (nSPS) is 10.9. The van der Waals surface area contributed by atoms with E-state index in [1.807, 2.05) is 24.3 Å². The number of benzene rings is 2. The van der Waals surface area contributed by atoms with Gasteiger partial charge in [0.05, 0.1) is 38.9 Å². The number of H-pyrrole nitrogens is 1. The molecule has 0 aliphatic heterocycles. The Labute approximate surface area is 208 Å². The third kappa shape index (κ3) is 4.91. The number of unbranched alkanes of at least 4 members (excludes halogenated alkanes) is 1. The summed E-state index contributed by atoms with van der Waals surface area (Å²) in [5.41, 5.74) is 1.81. The maximum atomic E-state index is 13.1. The second-order valence-electron chi connectivity index (χ2n) is 8.20. The van der Waals surface area contributed by atoms with Gasteiger partial charge in [0, 0.05) is 5.69 Å². The van der Waals surface area contributed by atoms with Crippen molar-refractivity contribution >= 4 is 0 Å². The zero-order valence-corrected chi connectivity index (χ0v) is 20.8. The minimum Gasteiger partial charge on any atom is -0.506 e. The molecule has 0 aliphatic rings. The number of aromatic amines is 1. The van der Waals surface area contributed by atoms with Gasteiger partial charge >= 0.3 is 0 Å². The summed E-state index contributed by atoms with van der Waals surface area (Å²) in [4.78, 5) is 16.1. The van der Waals surface area contributed by atoms with Gasteiger partial charge in [-0.2, -0.15) is 0 Å². The average molecular weight is 492 g/mol. The third-order valence-corrected chi connectivity index (χ3v) is 5.92. The first-order valence-corrected chi connectivity index (χ1v) is 11.7. The molecular weight excluding hydrogens is 462 g/mol. The molecule has 188 valence electrons. The lowest BCUT2D eigenvalue weighted by atomic mass is 9.96. The van der Waals surface area contributed by atoms with Crippen LogP contribution < -0.4 is 19.8 Å². The number of aryl methyl sites for hydroxylation is 1. The Bertz CT molecular complexity index is 1370. The van der Waals surface area contributed by atoms with Crippen LogP contribution in [0.15, 0.2) is 51.7 Å². The van der Waals surface area contributed by atoms with Crippen molar-refractivity contribution < 1.29 is 23.7 Å². The number of methoxy groups -OCH3 is 3. The van der Waals surface area contributed by atoms with Crippen molar-refractivity contribution in [3.8, 4) is 45.6 Å². The van der Waals surface area contributed by atoms with Crippen molar-refractivity contribution in [1.82, 2.24) is 15.2 Å². The molecule has 0 amide bonds. The third-order valence-electron chi connectivity index (χ3n) is 5.92. The molecule has 0 spiro atoms. The van der Waals surface area contributed by atoms with E-state index in [0.717, 1.165) is 24.2 Å². The molecule has 0 saturated carbocycles. The molecular formula is C27H29N3O6. The van der Waals surface area contributed by atoms with Crippen molar-refractivity contribution in [2.45, 2.75) is 32.6 Å². The summed E-state index contributed by atoms with van der Waals surface area (Å²) in [5.74, 6) is 1.68. The van der Waals surface area contributed by atoms with Gasteiger partial charge < -0.3 is 28.7 Å². The van der Waals surface area contributed by atoms with Crippen LogP contribution in [0.2, 0.25) is 0 Å². The standard InChI is InChI=1S/C27H29N3O6/c1-5-6-8-18-22(23-19(34-3)9-7-10-20(23)35-4)25(31)24(26(32)28-18)27-30-29-21(36-27)15-16-11-13-17(33-2)14-12-16/h7,9-14H,5-6,8,15H2,1-4H3,(H2,28,31,32). The van der Waals surface area contributed by atoms with Gasteiger partial charge in [-0.15, -0.1) is 10.2 Å².